The van der Waals surface area contributed by atoms with Gasteiger partial charge in [0.15, 0.2) is 0 Å². The molecule has 0 aromatic carbocycles. The first-order chi connectivity index (χ1) is 7.42. The maximum atomic E-state index is 4.39. The highest BCUT2D eigenvalue weighted by atomic mass is 14.8. The number of aromatic amines is 1. The molecule has 0 radical (unpaired) electrons. The molecule has 0 aliphatic heterocycles. The summed E-state index contributed by atoms with van der Waals surface area (Å²) in [4.78, 5) is 7.63. The molecular weight excluding hydrogens is 186 g/mol. The van der Waals surface area contributed by atoms with Gasteiger partial charge in [-0.05, 0) is 31.3 Å². The minimum absolute atomic E-state index is 0.297. The van der Waals surface area contributed by atoms with Crippen molar-refractivity contribution >= 4 is 0 Å². The van der Waals surface area contributed by atoms with Crippen LogP contribution in [0.2, 0.25) is 0 Å². The second-order valence-corrected chi connectivity index (χ2v) is 3.49. The third-order valence-electron chi connectivity index (χ3n) is 2.45. The van der Waals surface area contributed by atoms with Crippen LogP contribution < -0.4 is 5.32 Å². The average Bonchev–Trinajstić information content (AvgIpc) is 2.80. The van der Waals surface area contributed by atoms with Crippen LogP contribution in [0.15, 0.2) is 42.7 Å². The molecule has 0 spiro atoms. The number of likely N-dealkylation sites (N-methyl/N-ethyl adjacent to an activating group) is 1. The molecule has 2 N–H and O–H groups in total. The van der Waals surface area contributed by atoms with Crippen LogP contribution in [0.25, 0.3) is 0 Å². The zero-order chi connectivity index (χ0) is 10.5. The number of nitrogens with zero attached hydrogens (tertiary/aromatic N) is 1. The molecule has 2 rings (SSSR count). The Labute approximate surface area is 89.6 Å². The van der Waals surface area contributed by atoms with Gasteiger partial charge in [0.05, 0.1) is 11.6 Å². The fourth-order valence-corrected chi connectivity index (χ4v) is 1.72. The Hall–Kier alpha value is -1.61. The third kappa shape index (κ3) is 2.25. The normalized spacial score (nSPS) is 12.6. The van der Waals surface area contributed by atoms with E-state index in [0.29, 0.717) is 5.92 Å². The van der Waals surface area contributed by atoms with Crippen molar-refractivity contribution in [2.75, 3.05) is 13.6 Å². The minimum Gasteiger partial charge on any atom is -0.364 e. The molecule has 3 nitrogen and oxygen atoms in total. The van der Waals surface area contributed by atoms with Gasteiger partial charge in [0, 0.05) is 24.6 Å². The van der Waals surface area contributed by atoms with Crippen molar-refractivity contribution in [3.05, 3.63) is 54.1 Å². The molecule has 0 fully saturated rings. The summed E-state index contributed by atoms with van der Waals surface area (Å²) in [5, 5.41) is 3.19. The van der Waals surface area contributed by atoms with E-state index in [-0.39, 0.29) is 0 Å². The van der Waals surface area contributed by atoms with E-state index >= 15 is 0 Å². The summed E-state index contributed by atoms with van der Waals surface area (Å²) in [6.07, 6.45) is 3.78. The van der Waals surface area contributed by atoms with Gasteiger partial charge in [-0.1, -0.05) is 6.07 Å². The van der Waals surface area contributed by atoms with Crippen LogP contribution in [-0.4, -0.2) is 23.6 Å². The van der Waals surface area contributed by atoms with E-state index in [4.69, 9.17) is 0 Å². The van der Waals surface area contributed by atoms with Gasteiger partial charge < -0.3 is 10.3 Å². The van der Waals surface area contributed by atoms with E-state index in [0.717, 1.165) is 12.2 Å². The molecule has 15 heavy (non-hydrogen) atoms. The second-order valence-electron chi connectivity index (χ2n) is 3.49. The van der Waals surface area contributed by atoms with Gasteiger partial charge in [-0.25, -0.2) is 0 Å². The van der Waals surface area contributed by atoms with Crippen LogP contribution in [0.3, 0.4) is 0 Å². The van der Waals surface area contributed by atoms with Crippen LogP contribution >= 0.6 is 0 Å². The van der Waals surface area contributed by atoms with Gasteiger partial charge in [-0.2, -0.15) is 0 Å². The highest BCUT2D eigenvalue weighted by molar-refractivity contribution is 5.23. The summed E-state index contributed by atoms with van der Waals surface area (Å²) >= 11 is 0. The van der Waals surface area contributed by atoms with Crippen molar-refractivity contribution < 1.29 is 0 Å². The number of hydrogen-bond donors (Lipinski definition) is 2. The molecule has 0 aliphatic carbocycles. The van der Waals surface area contributed by atoms with Crippen LogP contribution in [0, 0.1) is 0 Å². The van der Waals surface area contributed by atoms with E-state index in [1.54, 1.807) is 0 Å². The molecule has 0 saturated carbocycles. The van der Waals surface area contributed by atoms with Crippen LogP contribution in [0.4, 0.5) is 0 Å². The zero-order valence-corrected chi connectivity index (χ0v) is 8.77. The monoisotopic (exact) mass is 201 g/mol. The molecule has 78 valence electrons. The van der Waals surface area contributed by atoms with Gasteiger partial charge in [0.25, 0.3) is 0 Å². The van der Waals surface area contributed by atoms with Crippen LogP contribution in [0.5, 0.6) is 0 Å². The highest BCUT2D eigenvalue weighted by Crippen LogP contribution is 2.20. The topological polar surface area (TPSA) is 40.7 Å². The van der Waals surface area contributed by atoms with Gasteiger partial charge in [0.2, 0.25) is 0 Å². The van der Waals surface area contributed by atoms with Gasteiger partial charge >= 0.3 is 0 Å². The number of aromatic nitrogens is 2. The van der Waals surface area contributed by atoms with Crippen molar-refractivity contribution in [3.8, 4) is 0 Å². The van der Waals surface area contributed by atoms with E-state index in [1.807, 2.05) is 37.6 Å². The lowest BCUT2D eigenvalue weighted by molar-refractivity contribution is 0.679. The van der Waals surface area contributed by atoms with Gasteiger partial charge in [-0.3, -0.25) is 4.98 Å². The van der Waals surface area contributed by atoms with Crippen molar-refractivity contribution in [1.29, 1.82) is 0 Å². The first-order valence-corrected chi connectivity index (χ1v) is 5.10. The lowest BCUT2D eigenvalue weighted by atomic mass is 10.0. The Balaban J connectivity index is 2.28. The summed E-state index contributed by atoms with van der Waals surface area (Å²) in [6, 6.07) is 10.1. The maximum absolute atomic E-state index is 4.39. The summed E-state index contributed by atoms with van der Waals surface area (Å²) in [6.45, 7) is 0.886. The first kappa shape index (κ1) is 9.93. The first-order valence-electron chi connectivity index (χ1n) is 5.10. The molecular formula is C12H15N3. The quantitative estimate of drug-likeness (QED) is 0.791. The molecule has 1 unspecified atom stereocenters. The van der Waals surface area contributed by atoms with Crippen molar-refractivity contribution in [1.82, 2.24) is 15.3 Å². The molecule has 0 aliphatic rings. The number of pyridine rings is 1. The average molecular weight is 201 g/mol. The van der Waals surface area contributed by atoms with Gasteiger partial charge in [0.1, 0.15) is 0 Å². The summed E-state index contributed by atoms with van der Waals surface area (Å²) in [7, 11) is 1.96. The largest absolute Gasteiger partial charge is 0.364 e. The Kier molecular flexibility index (Phi) is 3.15. The SMILES string of the molecule is CNCC(c1ccccn1)c1ccc[nH]1. The fraction of sp³-hybridized carbons (Fsp3) is 0.250. The van der Waals surface area contributed by atoms with Crippen molar-refractivity contribution in [3.63, 3.8) is 0 Å². The number of hydrogen-bond acceptors (Lipinski definition) is 2. The van der Waals surface area contributed by atoms with Gasteiger partial charge in [-0.15, -0.1) is 0 Å². The Morgan fingerprint density at radius 3 is 2.87 bits per heavy atom. The summed E-state index contributed by atoms with van der Waals surface area (Å²) in [5.41, 5.74) is 2.29. The van der Waals surface area contributed by atoms with Crippen molar-refractivity contribution in [2.45, 2.75) is 5.92 Å². The fourth-order valence-electron chi connectivity index (χ4n) is 1.72. The highest BCUT2D eigenvalue weighted by Gasteiger charge is 2.14. The van der Waals surface area contributed by atoms with E-state index in [1.165, 1.54) is 5.69 Å². The number of rotatable bonds is 4. The Morgan fingerprint density at radius 2 is 2.27 bits per heavy atom. The predicted molar refractivity (Wildman–Crippen MR) is 60.8 cm³/mol. The van der Waals surface area contributed by atoms with Crippen LogP contribution in [0.1, 0.15) is 17.3 Å². The van der Waals surface area contributed by atoms with E-state index in [2.05, 4.69) is 27.4 Å². The molecule has 0 saturated heterocycles. The smallest absolute Gasteiger partial charge is 0.0538 e. The number of H-pyrrole nitrogens is 1. The lowest BCUT2D eigenvalue weighted by Gasteiger charge is -2.14. The number of nitrogens with one attached hydrogen (secondary N) is 2. The molecule has 0 amide bonds. The van der Waals surface area contributed by atoms with Crippen LogP contribution in [-0.2, 0) is 0 Å². The second kappa shape index (κ2) is 4.75. The van der Waals surface area contributed by atoms with E-state index in [9.17, 15) is 0 Å². The minimum atomic E-state index is 0.297. The maximum Gasteiger partial charge on any atom is 0.0538 e. The van der Waals surface area contributed by atoms with E-state index < -0.39 is 0 Å². The molecule has 2 aromatic rings. The molecule has 2 aromatic heterocycles. The molecule has 1 atom stereocenters. The predicted octanol–water partition coefficient (Wildman–Crippen LogP) is 1.76. The standard InChI is InChI=1S/C12H15N3/c1-13-9-10(12-6-4-8-15-12)11-5-2-3-7-14-11/h2-8,10,13,15H,9H2,1H3. The third-order valence-corrected chi connectivity index (χ3v) is 2.45. The lowest BCUT2D eigenvalue weighted by Crippen LogP contribution is -2.19. The molecule has 0 bridgehead atoms. The molecule has 2 heterocycles. The molecule has 3 heteroatoms. The summed E-state index contributed by atoms with van der Waals surface area (Å²) in [5.74, 6) is 0.297. The van der Waals surface area contributed by atoms with Crippen molar-refractivity contribution in [2.24, 2.45) is 0 Å². The Morgan fingerprint density at radius 1 is 1.33 bits per heavy atom. The summed E-state index contributed by atoms with van der Waals surface area (Å²) < 4.78 is 0. The zero-order valence-electron chi connectivity index (χ0n) is 8.77. The Bertz CT molecular complexity index is 381.